The number of sulfonamides is 1. The zero-order chi connectivity index (χ0) is 14.9. The molecule has 4 nitrogen and oxygen atoms in total. The quantitative estimate of drug-likeness (QED) is 0.856. The molecule has 0 radical (unpaired) electrons. The third-order valence-electron chi connectivity index (χ3n) is 2.66. The topological polar surface area (TPSA) is 72.2 Å². The normalized spacial score (nSPS) is 11.3. The van der Waals surface area contributed by atoms with Gasteiger partial charge in [0.15, 0.2) is 11.6 Å². The van der Waals surface area contributed by atoms with Crippen LogP contribution < -0.4 is 10.5 Å². The van der Waals surface area contributed by atoms with Crippen LogP contribution in [0.2, 0.25) is 0 Å². The number of nitrogen functional groups attached to an aromatic ring is 1. The standard InChI is InChI=1S/C13H12F2N2O2S/c1-8-6-9(16)2-5-13(8)20(18,19)17-10-3-4-11(14)12(15)7-10/h2-7,17H,16H2,1H3. The van der Waals surface area contributed by atoms with E-state index in [1.807, 2.05) is 0 Å². The van der Waals surface area contributed by atoms with Gasteiger partial charge in [-0.15, -0.1) is 0 Å². The number of hydrogen-bond acceptors (Lipinski definition) is 3. The molecule has 0 saturated heterocycles. The van der Waals surface area contributed by atoms with Crippen molar-refractivity contribution in [3.63, 3.8) is 0 Å². The number of halogens is 2. The SMILES string of the molecule is Cc1cc(N)ccc1S(=O)(=O)Nc1ccc(F)c(F)c1. The molecule has 0 amide bonds. The second-order valence-corrected chi connectivity index (χ2v) is 5.91. The third-order valence-corrected chi connectivity index (χ3v) is 4.20. The molecule has 0 aromatic heterocycles. The van der Waals surface area contributed by atoms with Gasteiger partial charge in [0.25, 0.3) is 10.0 Å². The number of benzene rings is 2. The lowest BCUT2D eigenvalue weighted by Gasteiger charge is -2.11. The van der Waals surface area contributed by atoms with E-state index in [0.717, 1.165) is 18.2 Å². The minimum Gasteiger partial charge on any atom is -0.399 e. The smallest absolute Gasteiger partial charge is 0.262 e. The van der Waals surface area contributed by atoms with Crippen LogP contribution in [0.15, 0.2) is 41.3 Å². The first kappa shape index (κ1) is 14.3. The highest BCUT2D eigenvalue weighted by Crippen LogP contribution is 2.22. The predicted octanol–water partition coefficient (Wildman–Crippen LogP) is 2.66. The van der Waals surface area contributed by atoms with Gasteiger partial charge in [-0.1, -0.05) is 0 Å². The fourth-order valence-corrected chi connectivity index (χ4v) is 3.02. The molecule has 0 aliphatic rings. The molecule has 3 N–H and O–H groups in total. The van der Waals surface area contributed by atoms with Crippen LogP contribution in [0, 0.1) is 18.6 Å². The Morgan fingerprint density at radius 3 is 2.35 bits per heavy atom. The van der Waals surface area contributed by atoms with Gasteiger partial charge in [0.05, 0.1) is 10.6 Å². The molecule has 0 atom stereocenters. The van der Waals surface area contributed by atoms with Crippen molar-refractivity contribution in [3.8, 4) is 0 Å². The Labute approximate surface area is 115 Å². The van der Waals surface area contributed by atoms with Gasteiger partial charge < -0.3 is 5.73 Å². The molecule has 2 rings (SSSR count). The van der Waals surface area contributed by atoms with E-state index in [2.05, 4.69) is 4.72 Å². The summed E-state index contributed by atoms with van der Waals surface area (Å²) >= 11 is 0. The molecule has 106 valence electrons. The summed E-state index contributed by atoms with van der Waals surface area (Å²) in [5.41, 5.74) is 6.40. The van der Waals surface area contributed by atoms with Gasteiger partial charge in [-0.25, -0.2) is 17.2 Å². The van der Waals surface area contributed by atoms with Crippen molar-refractivity contribution in [2.45, 2.75) is 11.8 Å². The summed E-state index contributed by atoms with van der Waals surface area (Å²) in [6.07, 6.45) is 0. The van der Waals surface area contributed by atoms with Crippen molar-refractivity contribution < 1.29 is 17.2 Å². The zero-order valence-corrected chi connectivity index (χ0v) is 11.3. The van der Waals surface area contributed by atoms with Gasteiger partial charge in [-0.3, -0.25) is 4.72 Å². The lowest BCUT2D eigenvalue weighted by atomic mass is 10.2. The number of anilines is 2. The van der Waals surface area contributed by atoms with Crippen molar-refractivity contribution in [1.82, 2.24) is 0 Å². The average molecular weight is 298 g/mol. The highest BCUT2D eigenvalue weighted by molar-refractivity contribution is 7.92. The van der Waals surface area contributed by atoms with E-state index in [1.165, 1.54) is 18.2 Å². The lowest BCUT2D eigenvalue weighted by molar-refractivity contribution is 0.509. The highest BCUT2D eigenvalue weighted by atomic mass is 32.2. The zero-order valence-electron chi connectivity index (χ0n) is 10.5. The monoisotopic (exact) mass is 298 g/mol. The Bertz CT molecular complexity index is 761. The van der Waals surface area contributed by atoms with Crippen LogP contribution in [0.25, 0.3) is 0 Å². The second-order valence-electron chi connectivity index (χ2n) is 4.26. The summed E-state index contributed by atoms with van der Waals surface area (Å²) in [6.45, 7) is 1.59. The minimum absolute atomic E-state index is 0.0245. The van der Waals surface area contributed by atoms with Crippen molar-refractivity contribution in [1.29, 1.82) is 0 Å². The van der Waals surface area contributed by atoms with Gasteiger partial charge in [0.2, 0.25) is 0 Å². The van der Waals surface area contributed by atoms with E-state index in [4.69, 9.17) is 5.73 Å². The lowest BCUT2D eigenvalue weighted by Crippen LogP contribution is -2.14. The largest absolute Gasteiger partial charge is 0.399 e. The van der Waals surface area contributed by atoms with Gasteiger partial charge in [0.1, 0.15) is 0 Å². The Kier molecular flexibility index (Phi) is 3.63. The van der Waals surface area contributed by atoms with E-state index in [0.29, 0.717) is 11.3 Å². The van der Waals surface area contributed by atoms with Crippen LogP contribution in [0.5, 0.6) is 0 Å². The fraction of sp³-hybridized carbons (Fsp3) is 0.0769. The van der Waals surface area contributed by atoms with Crippen LogP contribution >= 0.6 is 0 Å². The molecule has 0 aliphatic carbocycles. The number of nitrogens with two attached hydrogens (primary N) is 1. The molecule has 0 unspecified atom stereocenters. The highest BCUT2D eigenvalue weighted by Gasteiger charge is 2.17. The Balaban J connectivity index is 2.38. The maximum absolute atomic E-state index is 13.1. The maximum atomic E-state index is 13.1. The summed E-state index contributed by atoms with van der Waals surface area (Å²) in [6, 6.07) is 7.09. The van der Waals surface area contributed by atoms with E-state index in [-0.39, 0.29) is 10.6 Å². The number of nitrogens with one attached hydrogen (secondary N) is 1. The molecule has 2 aromatic rings. The molecule has 0 bridgehead atoms. The van der Waals surface area contributed by atoms with Crippen molar-refractivity contribution in [3.05, 3.63) is 53.6 Å². The molecule has 2 aromatic carbocycles. The van der Waals surface area contributed by atoms with Crippen molar-refractivity contribution in [2.75, 3.05) is 10.5 Å². The summed E-state index contributed by atoms with van der Waals surface area (Å²) in [5, 5.41) is 0. The minimum atomic E-state index is -3.89. The average Bonchev–Trinajstić information content (AvgIpc) is 2.33. The molecule has 7 heteroatoms. The first-order valence-electron chi connectivity index (χ1n) is 5.63. The summed E-state index contributed by atoms with van der Waals surface area (Å²) in [5.74, 6) is -2.17. The Morgan fingerprint density at radius 2 is 1.75 bits per heavy atom. The van der Waals surface area contributed by atoms with E-state index < -0.39 is 21.7 Å². The molecule has 0 heterocycles. The van der Waals surface area contributed by atoms with Gasteiger partial charge >= 0.3 is 0 Å². The summed E-state index contributed by atoms with van der Waals surface area (Å²) in [4.78, 5) is 0.0245. The Hall–Kier alpha value is -2.15. The molecule has 0 saturated carbocycles. The van der Waals surface area contributed by atoms with Crippen molar-refractivity contribution in [2.24, 2.45) is 0 Å². The van der Waals surface area contributed by atoms with Crippen LogP contribution in [-0.2, 0) is 10.0 Å². The summed E-state index contributed by atoms with van der Waals surface area (Å²) < 4.78 is 52.4. The number of hydrogen-bond donors (Lipinski definition) is 2. The van der Waals surface area contributed by atoms with Crippen LogP contribution in [0.1, 0.15) is 5.56 Å². The molecule has 0 spiro atoms. The van der Waals surface area contributed by atoms with Crippen molar-refractivity contribution >= 4 is 21.4 Å². The van der Waals surface area contributed by atoms with Gasteiger partial charge in [-0.2, -0.15) is 0 Å². The van der Waals surface area contributed by atoms with Gasteiger partial charge in [-0.05, 0) is 42.8 Å². The maximum Gasteiger partial charge on any atom is 0.262 e. The van der Waals surface area contributed by atoms with Crippen LogP contribution in [0.3, 0.4) is 0 Å². The first-order chi connectivity index (χ1) is 9.29. The molecule has 0 aliphatic heterocycles. The molecular weight excluding hydrogens is 286 g/mol. The van der Waals surface area contributed by atoms with E-state index in [9.17, 15) is 17.2 Å². The molecular formula is C13H12F2N2O2S. The van der Waals surface area contributed by atoms with E-state index >= 15 is 0 Å². The summed E-state index contributed by atoms with van der Waals surface area (Å²) in [7, 11) is -3.89. The van der Waals surface area contributed by atoms with Crippen LogP contribution in [-0.4, -0.2) is 8.42 Å². The van der Waals surface area contributed by atoms with Gasteiger partial charge in [0, 0.05) is 11.8 Å². The third kappa shape index (κ3) is 2.88. The molecule has 0 fully saturated rings. The fourth-order valence-electron chi connectivity index (χ4n) is 1.74. The number of aryl methyl sites for hydroxylation is 1. The predicted molar refractivity (Wildman–Crippen MR) is 72.8 cm³/mol. The first-order valence-corrected chi connectivity index (χ1v) is 7.12. The van der Waals surface area contributed by atoms with Crippen LogP contribution in [0.4, 0.5) is 20.2 Å². The number of rotatable bonds is 3. The van der Waals surface area contributed by atoms with E-state index in [1.54, 1.807) is 6.92 Å². The molecule has 20 heavy (non-hydrogen) atoms. The second kappa shape index (κ2) is 5.09. The Morgan fingerprint density at radius 1 is 1.05 bits per heavy atom.